The zero-order valence-corrected chi connectivity index (χ0v) is 12.5. The molecule has 0 aromatic heterocycles. The maximum atomic E-state index is 13.4. The summed E-state index contributed by atoms with van der Waals surface area (Å²) in [5.74, 6) is -0.678. The monoisotopic (exact) mass is 299 g/mol. The number of rotatable bonds is 5. The third-order valence-corrected chi connectivity index (χ3v) is 3.19. The molecule has 22 heavy (non-hydrogen) atoms. The lowest BCUT2D eigenvalue weighted by Crippen LogP contribution is -2.35. The van der Waals surface area contributed by atoms with Crippen molar-refractivity contribution in [2.75, 3.05) is 5.32 Å². The molecule has 0 fully saturated rings. The molecule has 0 heterocycles. The first-order chi connectivity index (χ1) is 10.6. The predicted molar refractivity (Wildman–Crippen MR) is 86.4 cm³/mol. The molecule has 0 saturated heterocycles. The van der Waals surface area contributed by atoms with Gasteiger partial charge in [-0.3, -0.25) is 4.79 Å². The summed E-state index contributed by atoms with van der Waals surface area (Å²) in [5.41, 5.74) is 4.67. The van der Waals surface area contributed by atoms with Crippen LogP contribution < -0.4 is 10.7 Å². The van der Waals surface area contributed by atoms with Crippen LogP contribution in [0.1, 0.15) is 18.1 Å². The Bertz CT molecular complexity index is 685. The van der Waals surface area contributed by atoms with Crippen LogP contribution in [0.2, 0.25) is 0 Å². The summed E-state index contributed by atoms with van der Waals surface area (Å²) in [7, 11) is 0. The summed E-state index contributed by atoms with van der Waals surface area (Å²) in [5, 5.41) is 6.89. The van der Waals surface area contributed by atoms with Gasteiger partial charge in [0.2, 0.25) is 0 Å². The first-order valence-electron chi connectivity index (χ1n) is 6.97. The molecule has 4 nitrogen and oxygen atoms in total. The molecule has 0 aliphatic rings. The first kappa shape index (κ1) is 15.7. The van der Waals surface area contributed by atoms with E-state index in [1.807, 2.05) is 31.2 Å². The van der Waals surface area contributed by atoms with E-state index >= 15 is 0 Å². The molecule has 1 amide bonds. The van der Waals surface area contributed by atoms with Crippen LogP contribution in [0.3, 0.4) is 0 Å². The smallest absolute Gasteiger partial charge is 0.262 e. The van der Waals surface area contributed by atoms with Gasteiger partial charge in [0.25, 0.3) is 5.91 Å². The van der Waals surface area contributed by atoms with Crippen LogP contribution in [0.4, 0.5) is 10.1 Å². The van der Waals surface area contributed by atoms with E-state index in [0.29, 0.717) is 5.56 Å². The quantitative estimate of drug-likeness (QED) is 0.658. The van der Waals surface area contributed by atoms with E-state index in [1.54, 1.807) is 25.1 Å². The van der Waals surface area contributed by atoms with Gasteiger partial charge >= 0.3 is 0 Å². The van der Waals surface area contributed by atoms with Crippen molar-refractivity contribution < 1.29 is 9.18 Å². The topological polar surface area (TPSA) is 53.5 Å². The Kier molecular flexibility index (Phi) is 5.25. The van der Waals surface area contributed by atoms with Crippen molar-refractivity contribution in [3.63, 3.8) is 0 Å². The van der Waals surface area contributed by atoms with E-state index in [2.05, 4.69) is 15.8 Å². The molecule has 5 heteroatoms. The molecule has 0 saturated carbocycles. The molecule has 0 bridgehead atoms. The Morgan fingerprint density at radius 1 is 1.18 bits per heavy atom. The second kappa shape index (κ2) is 7.36. The highest BCUT2D eigenvalue weighted by molar-refractivity contribution is 5.86. The number of nitrogens with zero attached hydrogens (tertiary/aromatic N) is 1. The van der Waals surface area contributed by atoms with Gasteiger partial charge < -0.3 is 5.32 Å². The van der Waals surface area contributed by atoms with E-state index in [4.69, 9.17) is 0 Å². The molecule has 114 valence electrons. The SMILES string of the molecule is Cc1ccccc1N[C@@H](C)C(=O)N/N=C\c1ccccc1F. The van der Waals surface area contributed by atoms with Crippen molar-refractivity contribution in [3.8, 4) is 0 Å². The minimum atomic E-state index is -0.459. The fraction of sp³-hybridized carbons (Fsp3) is 0.176. The molecule has 0 radical (unpaired) electrons. The van der Waals surface area contributed by atoms with Crippen molar-refractivity contribution >= 4 is 17.8 Å². The van der Waals surface area contributed by atoms with Gasteiger partial charge in [-0.05, 0) is 31.5 Å². The first-order valence-corrected chi connectivity index (χ1v) is 6.97. The van der Waals surface area contributed by atoms with E-state index in [9.17, 15) is 9.18 Å². The lowest BCUT2D eigenvalue weighted by atomic mass is 10.2. The number of hydrogen-bond acceptors (Lipinski definition) is 3. The van der Waals surface area contributed by atoms with Crippen molar-refractivity contribution in [2.45, 2.75) is 19.9 Å². The van der Waals surface area contributed by atoms with Gasteiger partial charge in [-0.1, -0.05) is 36.4 Å². The minimum absolute atomic E-state index is 0.296. The van der Waals surface area contributed by atoms with Crippen LogP contribution in [-0.4, -0.2) is 18.2 Å². The third-order valence-electron chi connectivity index (χ3n) is 3.19. The standard InChI is InChI=1S/C17H18FN3O/c1-12-7-3-6-10-16(12)20-13(2)17(22)21-19-11-14-8-4-5-9-15(14)18/h3-11,13,20H,1-2H3,(H,21,22)/b19-11-/t13-/m0/s1. The molecule has 2 aromatic rings. The number of halogens is 1. The Hall–Kier alpha value is -2.69. The molecule has 1 atom stereocenters. The van der Waals surface area contributed by atoms with Crippen LogP contribution in [0.25, 0.3) is 0 Å². The average molecular weight is 299 g/mol. The van der Waals surface area contributed by atoms with Crippen molar-refractivity contribution in [1.29, 1.82) is 0 Å². The zero-order chi connectivity index (χ0) is 15.9. The van der Waals surface area contributed by atoms with Gasteiger partial charge in [-0.25, -0.2) is 9.82 Å². The molecular formula is C17H18FN3O. The fourth-order valence-corrected chi connectivity index (χ4v) is 1.88. The number of amides is 1. The van der Waals surface area contributed by atoms with E-state index in [0.717, 1.165) is 11.3 Å². The lowest BCUT2D eigenvalue weighted by molar-refractivity contribution is -0.121. The van der Waals surface area contributed by atoms with Crippen LogP contribution in [-0.2, 0) is 4.79 Å². The highest BCUT2D eigenvalue weighted by Crippen LogP contribution is 2.14. The van der Waals surface area contributed by atoms with Crippen molar-refractivity contribution in [3.05, 3.63) is 65.5 Å². The number of anilines is 1. The number of aryl methyl sites for hydroxylation is 1. The molecule has 0 aliphatic heterocycles. The fourth-order valence-electron chi connectivity index (χ4n) is 1.88. The average Bonchev–Trinajstić information content (AvgIpc) is 2.51. The number of hydrogen-bond donors (Lipinski definition) is 2. The van der Waals surface area contributed by atoms with Gasteiger partial charge in [-0.2, -0.15) is 5.10 Å². The second-order valence-corrected chi connectivity index (χ2v) is 4.94. The van der Waals surface area contributed by atoms with E-state index < -0.39 is 6.04 Å². The predicted octanol–water partition coefficient (Wildman–Crippen LogP) is 3.08. The number of nitrogens with one attached hydrogen (secondary N) is 2. The molecule has 2 rings (SSSR count). The van der Waals surface area contributed by atoms with Crippen molar-refractivity contribution in [1.82, 2.24) is 5.43 Å². The minimum Gasteiger partial charge on any atom is -0.374 e. The summed E-state index contributed by atoms with van der Waals surface area (Å²) < 4.78 is 13.4. The summed E-state index contributed by atoms with van der Waals surface area (Å²) >= 11 is 0. The van der Waals surface area contributed by atoms with Crippen LogP contribution in [0.5, 0.6) is 0 Å². The number of benzene rings is 2. The van der Waals surface area contributed by atoms with Crippen molar-refractivity contribution in [2.24, 2.45) is 5.10 Å². The van der Waals surface area contributed by atoms with Gasteiger partial charge in [0.15, 0.2) is 0 Å². The second-order valence-electron chi connectivity index (χ2n) is 4.94. The Labute approximate surface area is 129 Å². The maximum absolute atomic E-state index is 13.4. The summed E-state index contributed by atoms with van der Waals surface area (Å²) in [4.78, 5) is 12.0. The Morgan fingerprint density at radius 2 is 1.86 bits per heavy atom. The number of carbonyl (C=O) groups is 1. The van der Waals surface area contributed by atoms with E-state index in [1.165, 1.54) is 12.3 Å². The highest BCUT2D eigenvalue weighted by atomic mass is 19.1. The van der Waals surface area contributed by atoms with Crippen LogP contribution >= 0.6 is 0 Å². The molecular weight excluding hydrogens is 281 g/mol. The zero-order valence-electron chi connectivity index (χ0n) is 12.5. The summed E-state index contributed by atoms with van der Waals surface area (Å²) in [6, 6.07) is 13.5. The van der Waals surface area contributed by atoms with Gasteiger partial charge in [0.1, 0.15) is 11.9 Å². The highest BCUT2D eigenvalue weighted by Gasteiger charge is 2.12. The molecule has 0 spiro atoms. The van der Waals surface area contributed by atoms with Crippen LogP contribution in [0, 0.1) is 12.7 Å². The summed E-state index contributed by atoms with van der Waals surface area (Å²) in [6.07, 6.45) is 1.29. The molecule has 2 aromatic carbocycles. The van der Waals surface area contributed by atoms with Gasteiger partial charge in [0, 0.05) is 11.3 Å². The number of carbonyl (C=O) groups excluding carboxylic acids is 1. The summed E-state index contributed by atoms with van der Waals surface area (Å²) in [6.45, 7) is 3.70. The third kappa shape index (κ3) is 4.15. The van der Waals surface area contributed by atoms with E-state index in [-0.39, 0.29) is 11.7 Å². The van der Waals surface area contributed by atoms with Gasteiger partial charge in [0.05, 0.1) is 6.21 Å². The molecule has 0 aliphatic carbocycles. The Morgan fingerprint density at radius 3 is 2.59 bits per heavy atom. The molecule has 2 N–H and O–H groups in total. The lowest BCUT2D eigenvalue weighted by Gasteiger charge is -2.15. The number of para-hydroxylation sites is 1. The van der Waals surface area contributed by atoms with Crippen LogP contribution in [0.15, 0.2) is 53.6 Å². The Balaban J connectivity index is 1.92. The van der Waals surface area contributed by atoms with Gasteiger partial charge in [-0.15, -0.1) is 0 Å². The molecule has 0 unspecified atom stereocenters. The number of hydrazone groups is 1. The largest absolute Gasteiger partial charge is 0.374 e. The normalized spacial score (nSPS) is 12.1. The maximum Gasteiger partial charge on any atom is 0.262 e.